The van der Waals surface area contributed by atoms with Crippen LogP contribution in [0, 0.1) is 40.5 Å². The van der Waals surface area contributed by atoms with Crippen LogP contribution >= 0.6 is 0 Å². The molecule has 0 amide bonds. The van der Waals surface area contributed by atoms with E-state index < -0.39 is 38.7 Å². The number of hydrazine groups is 2. The van der Waals surface area contributed by atoms with E-state index in [1.807, 2.05) is 0 Å². The predicted octanol–water partition coefficient (Wildman–Crippen LogP) is -2.37. The van der Waals surface area contributed by atoms with E-state index in [-0.39, 0.29) is 10.0 Å². The highest BCUT2D eigenvalue weighted by Gasteiger charge is 2.43. The van der Waals surface area contributed by atoms with Gasteiger partial charge in [0.1, 0.15) is 10.2 Å². The van der Waals surface area contributed by atoms with Crippen LogP contribution in [0.25, 0.3) is 0 Å². The standard InChI is InChI=1S/C3H3N9O8/c13-9(14)5-2-4-3(6-10(15)16)8(12(19)20)1-7(2)11(17)18/h1H2,(H,4,5,6). The second kappa shape index (κ2) is 5.32. The predicted molar refractivity (Wildman–Crippen MR) is 54.5 cm³/mol. The third kappa shape index (κ3) is 3.18. The number of guanidine groups is 2. The number of rotatable bonds is 4. The fourth-order valence-corrected chi connectivity index (χ4v) is 1.06. The van der Waals surface area contributed by atoms with Crippen molar-refractivity contribution in [3.63, 3.8) is 0 Å². The van der Waals surface area contributed by atoms with Crippen LogP contribution in [-0.2, 0) is 0 Å². The Morgan fingerprint density at radius 1 is 0.850 bits per heavy atom. The zero-order valence-corrected chi connectivity index (χ0v) is 9.05. The van der Waals surface area contributed by atoms with Crippen LogP contribution in [0.2, 0.25) is 0 Å². The Hall–Kier alpha value is -3.66. The second-order valence-electron chi connectivity index (χ2n) is 2.86. The summed E-state index contributed by atoms with van der Waals surface area (Å²) in [5.41, 5.74) is 0. The van der Waals surface area contributed by atoms with Crippen molar-refractivity contribution in [2.45, 2.75) is 0 Å². The highest BCUT2D eigenvalue weighted by Crippen LogP contribution is 2.05. The topological polar surface area (TPSA) is 216 Å². The number of hydrogen-bond donors (Lipinski definition) is 1. The SMILES string of the molecule is O=[N+]([O-])/N=C1\N/C(=N\[N+](=O)[O-])N([N+](=O)[O-])CN1[N+](=O)[O-]. The van der Waals surface area contributed by atoms with Crippen LogP contribution in [0.15, 0.2) is 10.2 Å². The molecule has 0 unspecified atom stereocenters. The van der Waals surface area contributed by atoms with Gasteiger partial charge in [0.2, 0.25) is 6.67 Å². The molecule has 0 aromatic heterocycles. The minimum atomic E-state index is -1.33. The van der Waals surface area contributed by atoms with Gasteiger partial charge in [-0.25, -0.2) is 40.5 Å². The van der Waals surface area contributed by atoms with Gasteiger partial charge in [-0.3, -0.25) is 5.32 Å². The largest absolute Gasteiger partial charge is 0.341 e. The summed E-state index contributed by atoms with van der Waals surface area (Å²) in [6, 6.07) is 0. The van der Waals surface area contributed by atoms with Gasteiger partial charge >= 0.3 is 11.9 Å². The molecule has 1 N–H and O–H groups in total. The maximum Gasteiger partial charge on any atom is 0.341 e. The molecule has 1 fully saturated rings. The summed E-state index contributed by atoms with van der Waals surface area (Å²) in [4.78, 5) is 41.6. The average molecular weight is 293 g/mol. The van der Waals surface area contributed by atoms with Crippen molar-refractivity contribution in [3.8, 4) is 0 Å². The summed E-state index contributed by atoms with van der Waals surface area (Å²) in [5.74, 6) is -2.14. The van der Waals surface area contributed by atoms with E-state index in [0.717, 1.165) is 0 Å². The van der Waals surface area contributed by atoms with Crippen LogP contribution in [0.3, 0.4) is 0 Å². The molecular formula is C3H3N9O8. The lowest BCUT2D eigenvalue weighted by Gasteiger charge is -2.23. The van der Waals surface area contributed by atoms with Crippen LogP contribution < -0.4 is 5.32 Å². The molecule has 0 aromatic carbocycles. The molecule has 1 aliphatic rings. The lowest BCUT2D eigenvalue weighted by molar-refractivity contribution is -0.687. The van der Waals surface area contributed by atoms with Crippen molar-refractivity contribution in [2.24, 2.45) is 10.2 Å². The molecule has 1 heterocycles. The molecular weight excluding hydrogens is 290 g/mol. The fourth-order valence-electron chi connectivity index (χ4n) is 1.06. The minimum absolute atomic E-state index is 0.0927. The summed E-state index contributed by atoms with van der Waals surface area (Å²) in [6.07, 6.45) is 0. The Bertz CT molecular complexity index is 491. The van der Waals surface area contributed by atoms with Crippen molar-refractivity contribution in [1.29, 1.82) is 0 Å². The highest BCUT2D eigenvalue weighted by molar-refractivity contribution is 5.99. The molecule has 0 radical (unpaired) electrons. The van der Waals surface area contributed by atoms with E-state index in [4.69, 9.17) is 0 Å². The first kappa shape index (κ1) is 14.4. The molecule has 17 heteroatoms. The number of nitro groups is 4. The molecule has 0 atom stereocenters. The molecule has 20 heavy (non-hydrogen) atoms. The van der Waals surface area contributed by atoms with E-state index in [0.29, 0.717) is 0 Å². The zero-order valence-electron chi connectivity index (χ0n) is 9.05. The van der Waals surface area contributed by atoms with Gasteiger partial charge in [0, 0.05) is 0 Å². The summed E-state index contributed by atoms with van der Waals surface area (Å²) in [5, 5.41) is 43.1. The molecule has 17 nitrogen and oxygen atoms in total. The summed E-state index contributed by atoms with van der Waals surface area (Å²) >= 11 is 0. The Labute approximate surface area is 106 Å². The van der Waals surface area contributed by atoms with Crippen molar-refractivity contribution >= 4 is 11.9 Å². The normalized spacial score (nSPS) is 18.8. The maximum atomic E-state index is 10.6. The van der Waals surface area contributed by atoms with E-state index >= 15 is 0 Å². The van der Waals surface area contributed by atoms with Crippen molar-refractivity contribution in [3.05, 3.63) is 40.5 Å². The number of hydrogen-bond acceptors (Lipinski definition) is 8. The quantitative estimate of drug-likeness (QED) is 0.426. The lowest BCUT2D eigenvalue weighted by atomic mass is 10.6. The van der Waals surface area contributed by atoms with Gasteiger partial charge in [0.15, 0.2) is 20.1 Å². The van der Waals surface area contributed by atoms with Crippen molar-refractivity contribution < 1.29 is 20.1 Å². The Morgan fingerprint density at radius 3 is 1.45 bits per heavy atom. The smallest absolute Gasteiger partial charge is 0.277 e. The van der Waals surface area contributed by atoms with Crippen LogP contribution in [0.4, 0.5) is 0 Å². The molecule has 0 aliphatic carbocycles. The zero-order chi connectivity index (χ0) is 15.4. The first-order chi connectivity index (χ1) is 9.22. The van der Waals surface area contributed by atoms with E-state index in [1.165, 1.54) is 0 Å². The van der Waals surface area contributed by atoms with Crippen LogP contribution in [0.5, 0.6) is 0 Å². The second-order valence-corrected chi connectivity index (χ2v) is 2.86. The van der Waals surface area contributed by atoms with Gasteiger partial charge in [0.25, 0.3) is 0 Å². The summed E-state index contributed by atoms with van der Waals surface area (Å²) in [7, 11) is 0. The number of nitrogens with zero attached hydrogens (tertiary/aromatic N) is 8. The van der Waals surface area contributed by atoms with Gasteiger partial charge in [0.05, 0.1) is 0 Å². The van der Waals surface area contributed by atoms with Gasteiger partial charge in [-0.15, -0.1) is 0 Å². The van der Waals surface area contributed by atoms with Crippen molar-refractivity contribution in [1.82, 2.24) is 15.3 Å². The molecule has 0 saturated carbocycles. The molecule has 108 valence electrons. The maximum absolute atomic E-state index is 10.6. The molecule has 0 aromatic rings. The van der Waals surface area contributed by atoms with E-state index in [2.05, 4.69) is 10.2 Å². The number of hydrazone groups is 2. The molecule has 1 aliphatic heterocycles. The van der Waals surface area contributed by atoms with Crippen LogP contribution in [0.1, 0.15) is 0 Å². The summed E-state index contributed by atoms with van der Waals surface area (Å²) in [6.45, 7) is -1.17. The third-order valence-electron chi connectivity index (χ3n) is 1.73. The van der Waals surface area contributed by atoms with Gasteiger partial charge in [-0.1, -0.05) is 0 Å². The molecule has 1 saturated heterocycles. The van der Waals surface area contributed by atoms with Gasteiger partial charge < -0.3 is 0 Å². The molecule has 1 rings (SSSR count). The fraction of sp³-hybridized carbons (Fsp3) is 0.333. The summed E-state index contributed by atoms with van der Waals surface area (Å²) < 4.78 is 0. The Balaban J connectivity index is 3.24. The molecule has 0 bridgehead atoms. The number of nitrogens with one attached hydrogen (secondary N) is 1. The van der Waals surface area contributed by atoms with Gasteiger partial charge in [-0.05, 0) is 10.0 Å². The van der Waals surface area contributed by atoms with Crippen molar-refractivity contribution in [2.75, 3.05) is 6.67 Å². The Morgan fingerprint density at radius 2 is 1.20 bits per heavy atom. The first-order valence-corrected chi connectivity index (χ1v) is 4.29. The van der Waals surface area contributed by atoms with Crippen LogP contribution in [-0.4, -0.2) is 48.7 Å². The Kier molecular flexibility index (Phi) is 3.83. The van der Waals surface area contributed by atoms with Gasteiger partial charge in [-0.2, -0.15) is 0 Å². The average Bonchev–Trinajstić information content (AvgIpc) is 2.26. The van der Waals surface area contributed by atoms with E-state index in [9.17, 15) is 40.5 Å². The minimum Gasteiger partial charge on any atom is -0.277 e. The third-order valence-corrected chi connectivity index (χ3v) is 1.73. The van der Waals surface area contributed by atoms with E-state index in [1.54, 1.807) is 5.32 Å². The highest BCUT2D eigenvalue weighted by atomic mass is 16.7. The monoisotopic (exact) mass is 293 g/mol. The first-order valence-electron chi connectivity index (χ1n) is 4.29. The molecule has 0 spiro atoms. The lowest BCUT2D eigenvalue weighted by Crippen LogP contribution is -2.63.